The molecule has 5 nitrogen and oxygen atoms in total. The van der Waals surface area contributed by atoms with E-state index in [9.17, 15) is 18.4 Å². The van der Waals surface area contributed by atoms with Crippen molar-refractivity contribution in [3.05, 3.63) is 29.8 Å². The molecule has 2 amide bonds. The van der Waals surface area contributed by atoms with Gasteiger partial charge < -0.3 is 15.0 Å². The number of benzene rings is 1. The summed E-state index contributed by atoms with van der Waals surface area (Å²) in [6.45, 7) is -0.408. The number of alkyl halides is 2. The highest BCUT2D eigenvalue weighted by Gasteiger charge is 2.21. The quantitative estimate of drug-likeness (QED) is 0.874. The van der Waals surface area contributed by atoms with Crippen LogP contribution >= 0.6 is 0 Å². The van der Waals surface area contributed by atoms with Gasteiger partial charge in [-0.1, -0.05) is 12.1 Å². The van der Waals surface area contributed by atoms with Gasteiger partial charge in [-0.15, -0.1) is 0 Å². The van der Waals surface area contributed by atoms with Gasteiger partial charge in [0.2, 0.25) is 11.8 Å². The average molecular weight is 326 g/mol. The number of rotatable bonds is 6. The highest BCUT2D eigenvalue weighted by Crippen LogP contribution is 2.19. The second-order valence-electron chi connectivity index (χ2n) is 5.51. The second-order valence-corrected chi connectivity index (χ2v) is 5.51. The number of halogens is 2. The molecule has 0 radical (unpaired) electrons. The Morgan fingerprint density at radius 3 is 2.61 bits per heavy atom. The minimum atomic E-state index is -2.86. The standard InChI is InChI=1S/C16H20F2N2O3/c1-11(12-5-7-13(8-6-12)23-16(17)18)19-14(21)10-20-9-3-2-4-15(20)22/h5-8,11,16H,2-4,9-10H2,1H3,(H,19,21). The van der Waals surface area contributed by atoms with E-state index in [0.29, 0.717) is 13.0 Å². The van der Waals surface area contributed by atoms with Crippen molar-refractivity contribution in [2.75, 3.05) is 13.1 Å². The molecule has 1 N–H and O–H groups in total. The van der Waals surface area contributed by atoms with Gasteiger partial charge in [-0.05, 0) is 37.5 Å². The van der Waals surface area contributed by atoms with Gasteiger partial charge in [0, 0.05) is 13.0 Å². The fourth-order valence-corrected chi connectivity index (χ4v) is 2.51. The van der Waals surface area contributed by atoms with Crippen LogP contribution in [0.4, 0.5) is 8.78 Å². The number of hydrogen-bond donors (Lipinski definition) is 1. The van der Waals surface area contributed by atoms with Crippen molar-refractivity contribution in [1.82, 2.24) is 10.2 Å². The number of amides is 2. The Kier molecular flexibility index (Phi) is 5.90. The lowest BCUT2D eigenvalue weighted by molar-refractivity contribution is -0.138. The first-order chi connectivity index (χ1) is 11.0. The molecular formula is C16H20F2N2O3. The number of likely N-dealkylation sites (tertiary alicyclic amines) is 1. The molecule has 23 heavy (non-hydrogen) atoms. The summed E-state index contributed by atoms with van der Waals surface area (Å²) in [6.07, 6.45) is 2.29. The summed E-state index contributed by atoms with van der Waals surface area (Å²) in [5.74, 6) is -0.158. The predicted octanol–water partition coefficient (Wildman–Crippen LogP) is 2.48. The molecule has 0 aromatic heterocycles. The zero-order chi connectivity index (χ0) is 16.8. The molecule has 0 bridgehead atoms. The second kappa shape index (κ2) is 7.89. The molecule has 1 unspecified atom stereocenters. The van der Waals surface area contributed by atoms with Crippen LogP contribution in [0.15, 0.2) is 24.3 Å². The maximum Gasteiger partial charge on any atom is 0.387 e. The monoisotopic (exact) mass is 326 g/mol. The summed E-state index contributed by atoms with van der Waals surface area (Å²) in [6, 6.07) is 5.81. The van der Waals surface area contributed by atoms with Crippen molar-refractivity contribution in [3.8, 4) is 5.75 Å². The third-order valence-corrected chi connectivity index (χ3v) is 3.74. The van der Waals surface area contributed by atoms with E-state index in [0.717, 1.165) is 18.4 Å². The van der Waals surface area contributed by atoms with E-state index in [1.165, 1.54) is 12.1 Å². The maximum absolute atomic E-state index is 12.1. The van der Waals surface area contributed by atoms with Crippen molar-refractivity contribution < 1.29 is 23.1 Å². The van der Waals surface area contributed by atoms with Crippen molar-refractivity contribution in [2.24, 2.45) is 0 Å². The van der Waals surface area contributed by atoms with Gasteiger partial charge in [-0.2, -0.15) is 8.78 Å². The maximum atomic E-state index is 12.1. The van der Waals surface area contributed by atoms with E-state index in [-0.39, 0.29) is 30.2 Å². The van der Waals surface area contributed by atoms with Gasteiger partial charge in [0.15, 0.2) is 0 Å². The number of hydrogen-bond acceptors (Lipinski definition) is 3. The van der Waals surface area contributed by atoms with Crippen LogP contribution in [0.1, 0.15) is 37.8 Å². The highest BCUT2D eigenvalue weighted by atomic mass is 19.3. The smallest absolute Gasteiger partial charge is 0.387 e. The zero-order valence-electron chi connectivity index (χ0n) is 12.9. The number of carbonyl (C=O) groups excluding carboxylic acids is 2. The van der Waals surface area contributed by atoms with Crippen LogP contribution < -0.4 is 10.1 Å². The molecule has 1 fully saturated rings. The van der Waals surface area contributed by atoms with Gasteiger partial charge in [0.25, 0.3) is 0 Å². The fraction of sp³-hybridized carbons (Fsp3) is 0.500. The van der Waals surface area contributed by atoms with Gasteiger partial charge in [0.05, 0.1) is 12.6 Å². The molecule has 1 atom stereocenters. The lowest BCUT2D eigenvalue weighted by Gasteiger charge is -2.26. The van der Waals surface area contributed by atoms with Crippen LogP contribution in [0.2, 0.25) is 0 Å². The molecule has 1 aliphatic heterocycles. The topological polar surface area (TPSA) is 58.6 Å². The summed E-state index contributed by atoms with van der Waals surface area (Å²) in [5, 5.41) is 2.80. The van der Waals surface area contributed by atoms with Crippen LogP contribution in [0.3, 0.4) is 0 Å². The van der Waals surface area contributed by atoms with Crippen LogP contribution in [-0.2, 0) is 9.59 Å². The van der Waals surface area contributed by atoms with Gasteiger partial charge >= 0.3 is 6.61 Å². The van der Waals surface area contributed by atoms with Crippen LogP contribution in [0.5, 0.6) is 5.75 Å². The third kappa shape index (κ3) is 5.19. The normalized spacial score (nSPS) is 16.3. The lowest BCUT2D eigenvalue weighted by atomic mass is 10.1. The Balaban J connectivity index is 1.86. The molecule has 0 aliphatic carbocycles. The van der Waals surface area contributed by atoms with Crippen LogP contribution in [0, 0.1) is 0 Å². The summed E-state index contributed by atoms with van der Waals surface area (Å²) in [5.41, 5.74) is 0.768. The highest BCUT2D eigenvalue weighted by molar-refractivity contribution is 5.85. The van der Waals surface area contributed by atoms with E-state index >= 15 is 0 Å². The van der Waals surface area contributed by atoms with Crippen molar-refractivity contribution >= 4 is 11.8 Å². The van der Waals surface area contributed by atoms with E-state index in [4.69, 9.17) is 0 Å². The molecule has 2 rings (SSSR count). The Morgan fingerprint density at radius 1 is 1.30 bits per heavy atom. The van der Waals surface area contributed by atoms with Crippen LogP contribution in [0.25, 0.3) is 0 Å². The molecule has 1 saturated heterocycles. The Morgan fingerprint density at radius 2 is 2.00 bits per heavy atom. The van der Waals surface area contributed by atoms with E-state index < -0.39 is 6.61 Å². The van der Waals surface area contributed by atoms with Crippen LogP contribution in [-0.4, -0.2) is 36.4 Å². The van der Waals surface area contributed by atoms with Gasteiger partial charge in [0.1, 0.15) is 5.75 Å². The zero-order valence-corrected chi connectivity index (χ0v) is 12.9. The van der Waals surface area contributed by atoms with Gasteiger partial charge in [-0.25, -0.2) is 0 Å². The minimum absolute atomic E-state index is 0.00699. The lowest BCUT2D eigenvalue weighted by Crippen LogP contribution is -2.43. The number of ether oxygens (including phenoxy) is 1. The molecule has 0 saturated carbocycles. The van der Waals surface area contributed by atoms with Crippen molar-refractivity contribution in [2.45, 2.75) is 38.8 Å². The summed E-state index contributed by atoms with van der Waals surface area (Å²) < 4.78 is 28.5. The van der Waals surface area contributed by atoms with E-state index in [1.54, 1.807) is 24.0 Å². The van der Waals surface area contributed by atoms with Gasteiger partial charge in [-0.3, -0.25) is 9.59 Å². The summed E-state index contributed by atoms with van der Waals surface area (Å²) in [4.78, 5) is 25.3. The summed E-state index contributed by atoms with van der Waals surface area (Å²) in [7, 11) is 0. The molecule has 1 heterocycles. The van der Waals surface area contributed by atoms with E-state index in [2.05, 4.69) is 10.1 Å². The van der Waals surface area contributed by atoms with E-state index in [1.807, 2.05) is 0 Å². The molecule has 1 aliphatic rings. The number of nitrogens with one attached hydrogen (secondary N) is 1. The molecular weight excluding hydrogens is 306 g/mol. The average Bonchev–Trinajstić information content (AvgIpc) is 2.49. The number of nitrogens with zero attached hydrogens (tertiary/aromatic N) is 1. The fourth-order valence-electron chi connectivity index (χ4n) is 2.51. The summed E-state index contributed by atoms with van der Waals surface area (Å²) >= 11 is 0. The van der Waals surface area contributed by atoms with Crippen molar-refractivity contribution in [3.63, 3.8) is 0 Å². The molecule has 126 valence electrons. The predicted molar refractivity (Wildman–Crippen MR) is 80.1 cm³/mol. The first-order valence-electron chi connectivity index (χ1n) is 7.57. The largest absolute Gasteiger partial charge is 0.435 e. The Bertz CT molecular complexity index is 549. The SMILES string of the molecule is CC(NC(=O)CN1CCCCC1=O)c1ccc(OC(F)F)cc1. The number of piperidine rings is 1. The first-order valence-corrected chi connectivity index (χ1v) is 7.57. The molecule has 1 aromatic carbocycles. The Hall–Kier alpha value is -2.18. The molecule has 1 aromatic rings. The third-order valence-electron chi connectivity index (χ3n) is 3.74. The molecule has 0 spiro atoms. The number of carbonyl (C=O) groups is 2. The molecule has 7 heteroatoms. The van der Waals surface area contributed by atoms with Crippen molar-refractivity contribution in [1.29, 1.82) is 0 Å². The first kappa shape index (κ1) is 17.2. The minimum Gasteiger partial charge on any atom is -0.435 e. The Labute approximate surface area is 133 Å².